The number of aromatic nitrogens is 2. The van der Waals surface area contributed by atoms with Crippen LogP contribution in [0.2, 0.25) is 5.15 Å². The van der Waals surface area contributed by atoms with Gasteiger partial charge >= 0.3 is 0 Å². The first-order valence-electron chi connectivity index (χ1n) is 3.34. The first-order chi connectivity index (χ1) is 5.83. The van der Waals surface area contributed by atoms with E-state index < -0.39 is 0 Å². The van der Waals surface area contributed by atoms with Crippen LogP contribution in [0.25, 0.3) is 0 Å². The Bertz CT molecular complexity index is 267. The first kappa shape index (κ1) is 8.93. The van der Waals surface area contributed by atoms with Gasteiger partial charge in [-0.1, -0.05) is 11.6 Å². The number of halogens is 1. The average molecular weight is 187 g/mol. The molecule has 0 unspecified atom stereocenters. The van der Waals surface area contributed by atoms with Crippen molar-refractivity contribution in [3.05, 3.63) is 23.2 Å². The average Bonchev–Trinajstić information content (AvgIpc) is 2.05. The third kappa shape index (κ3) is 2.84. The van der Waals surface area contributed by atoms with Crippen LogP contribution in [-0.2, 0) is 16.0 Å². The number of ether oxygens (including phenoxy) is 1. The lowest BCUT2D eigenvalue weighted by Crippen LogP contribution is -1.99. The van der Waals surface area contributed by atoms with E-state index in [0.29, 0.717) is 30.3 Å². The molecule has 1 heterocycles. The molecule has 0 aromatic carbocycles. The number of rotatable bonds is 4. The molecule has 0 amide bonds. The van der Waals surface area contributed by atoms with Crippen molar-refractivity contribution in [1.29, 1.82) is 0 Å². The van der Waals surface area contributed by atoms with Crippen LogP contribution < -0.4 is 0 Å². The van der Waals surface area contributed by atoms with Crippen molar-refractivity contribution < 1.29 is 9.53 Å². The van der Waals surface area contributed by atoms with Gasteiger partial charge in [-0.2, -0.15) is 0 Å². The van der Waals surface area contributed by atoms with Gasteiger partial charge in [0.2, 0.25) is 0 Å². The Kier molecular flexibility index (Phi) is 3.47. The monoisotopic (exact) mass is 186 g/mol. The van der Waals surface area contributed by atoms with E-state index in [4.69, 9.17) is 11.6 Å². The highest BCUT2D eigenvalue weighted by Gasteiger charge is 1.96. The Balaban J connectivity index is 2.46. The molecule has 64 valence electrons. The van der Waals surface area contributed by atoms with E-state index in [0.717, 1.165) is 0 Å². The predicted octanol–water partition coefficient (Wildman–Crippen LogP) is 0.845. The van der Waals surface area contributed by atoms with Crippen LogP contribution in [0.15, 0.2) is 12.4 Å². The maximum absolute atomic E-state index is 9.78. The topological polar surface area (TPSA) is 52.1 Å². The minimum absolute atomic E-state index is 0.304. The van der Waals surface area contributed by atoms with Gasteiger partial charge in [-0.3, -0.25) is 9.78 Å². The fraction of sp³-hybridized carbons (Fsp3) is 0.286. The SMILES string of the molecule is O=COCCc1cncc(Cl)n1. The molecule has 0 spiro atoms. The molecule has 0 aliphatic rings. The lowest BCUT2D eigenvalue weighted by Gasteiger charge is -1.98. The second-order valence-electron chi connectivity index (χ2n) is 2.05. The van der Waals surface area contributed by atoms with Gasteiger partial charge in [0.1, 0.15) is 5.15 Å². The van der Waals surface area contributed by atoms with Gasteiger partial charge in [-0.05, 0) is 0 Å². The summed E-state index contributed by atoms with van der Waals surface area (Å²) in [4.78, 5) is 17.6. The molecule has 0 fully saturated rings. The normalized spacial score (nSPS) is 9.42. The Morgan fingerprint density at radius 3 is 3.08 bits per heavy atom. The second-order valence-corrected chi connectivity index (χ2v) is 2.44. The number of nitrogens with zero attached hydrogens (tertiary/aromatic N) is 2. The smallest absolute Gasteiger partial charge is 0.293 e. The van der Waals surface area contributed by atoms with Crippen molar-refractivity contribution in [3.8, 4) is 0 Å². The molecule has 0 aliphatic heterocycles. The number of carbonyl (C=O) groups excluding carboxylic acids is 1. The molecule has 1 aromatic heterocycles. The third-order valence-electron chi connectivity index (χ3n) is 1.20. The van der Waals surface area contributed by atoms with Gasteiger partial charge < -0.3 is 4.74 Å². The number of hydrogen-bond acceptors (Lipinski definition) is 4. The van der Waals surface area contributed by atoms with Crippen LogP contribution in [-0.4, -0.2) is 23.0 Å². The molecule has 0 atom stereocenters. The van der Waals surface area contributed by atoms with Gasteiger partial charge in [0, 0.05) is 12.6 Å². The molecular formula is C7H7ClN2O2. The molecule has 0 radical (unpaired) electrons. The van der Waals surface area contributed by atoms with Gasteiger partial charge in [0.05, 0.1) is 18.5 Å². The van der Waals surface area contributed by atoms with Crippen LogP contribution in [0.5, 0.6) is 0 Å². The van der Waals surface area contributed by atoms with E-state index in [9.17, 15) is 4.79 Å². The van der Waals surface area contributed by atoms with Gasteiger partial charge in [0.25, 0.3) is 6.47 Å². The van der Waals surface area contributed by atoms with Gasteiger partial charge in [-0.15, -0.1) is 0 Å². The molecule has 0 saturated heterocycles. The molecular weight excluding hydrogens is 180 g/mol. The van der Waals surface area contributed by atoms with Crippen LogP contribution in [0.4, 0.5) is 0 Å². The summed E-state index contributed by atoms with van der Waals surface area (Å²) in [5.41, 5.74) is 0.712. The van der Waals surface area contributed by atoms with Crippen molar-refractivity contribution in [2.45, 2.75) is 6.42 Å². The number of hydrogen-bond donors (Lipinski definition) is 0. The van der Waals surface area contributed by atoms with Crippen LogP contribution in [0, 0.1) is 0 Å². The van der Waals surface area contributed by atoms with Crippen LogP contribution >= 0.6 is 11.6 Å². The summed E-state index contributed by atoms with van der Waals surface area (Å²) in [6, 6.07) is 0. The van der Waals surface area contributed by atoms with E-state index in [2.05, 4.69) is 14.7 Å². The molecule has 0 N–H and O–H groups in total. The van der Waals surface area contributed by atoms with E-state index in [1.807, 2.05) is 0 Å². The highest BCUT2D eigenvalue weighted by Crippen LogP contribution is 2.02. The zero-order chi connectivity index (χ0) is 8.81. The summed E-state index contributed by atoms with van der Waals surface area (Å²) in [6.07, 6.45) is 3.57. The summed E-state index contributed by atoms with van der Waals surface area (Å²) >= 11 is 5.57. The van der Waals surface area contributed by atoms with E-state index in [-0.39, 0.29) is 0 Å². The lowest BCUT2D eigenvalue weighted by molar-refractivity contribution is -0.128. The molecule has 0 saturated carbocycles. The molecule has 0 aliphatic carbocycles. The molecule has 1 rings (SSSR count). The predicted molar refractivity (Wildman–Crippen MR) is 42.8 cm³/mol. The fourth-order valence-corrected chi connectivity index (χ4v) is 0.877. The largest absolute Gasteiger partial charge is 0.467 e. The Morgan fingerprint density at radius 2 is 2.42 bits per heavy atom. The maximum atomic E-state index is 9.78. The minimum Gasteiger partial charge on any atom is -0.467 e. The molecule has 1 aromatic rings. The second kappa shape index (κ2) is 4.66. The first-order valence-corrected chi connectivity index (χ1v) is 3.72. The molecule has 5 heteroatoms. The Hall–Kier alpha value is -1.16. The lowest BCUT2D eigenvalue weighted by atomic mass is 10.3. The van der Waals surface area contributed by atoms with E-state index >= 15 is 0 Å². The van der Waals surface area contributed by atoms with Crippen molar-refractivity contribution in [2.75, 3.05) is 6.61 Å². The fourth-order valence-electron chi connectivity index (χ4n) is 0.712. The highest BCUT2D eigenvalue weighted by atomic mass is 35.5. The van der Waals surface area contributed by atoms with Crippen molar-refractivity contribution in [2.24, 2.45) is 0 Å². The minimum atomic E-state index is 0.304. The van der Waals surface area contributed by atoms with Crippen molar-refractivity contribution in [3.63, 3.8) is 0 Å². The zero-order valence-electron chi connectivity index (χ0n) is 6.24. The van der Waals surface area contributed by atoms with E-state index in [1.54, 1.807) is 6.20 Å². The van der Waals surface area contributed by atoms with Crippen molar-refractivity contribution >= 4 is 18.1 Å². The Labute approximate surface area is 74.5 Å². The molecule has 12 heavy (non-hydrogen) atoms. The zero-order valence-corrected chi connectivity index (χ0v) is 6.99. The van der Waals surface area contributed by atoms with Crippen LogP contribution in [0.3, 0.4) is 0 Å². The summed E-state index contributed by atoms with van der Waals surface area (Å²) in [7, 11) is 0. The molecule has 0 bridgehead atoms. The summed E-state index contributed by atoms with van der Waals surface area (Å²) in [5, 5.41) is 0.346. The third-order valence-corrected chi connectivity index (χ3v) is 1.38. The molecule has 4 nitrogen and oxygen atoms in total. The van der Waals surface area contributed by atoms with Gasteiger partial charge in [0.15, 0.2) is 0 Å². The van der Waals surface area contributed by atoms with Gasteiger partial charge in [-0.25, -0.2) is 4.98 Å². The maximum Gasteiger partial charge on any atom is 0.293 e. The number of carbonyl (C=O) groups is 1. The standard InChI is InChI=1S/C7H7ClN2O2/c8-7-4-9-3-6(10-7)1-2-12-5-11/h3-5H,1-2H2. The summed E-state index contributed by atoms with van der Waals surface area (Å²) in [5.74, 6) is 0. The Morgan fingerprint density at radius 1 is 1.58 bits per heavy atom. The van der Waals surface area contributed by atoms with Crippen LogP contribution in [0.1, 0.15) is 5.69 Å². The highest BCUT2D eigenvalue weighted by molar-refractivity contribution is 6.29. The van der Waals surface area contributed by atoms with E-state index in [1.165, 1.54) is 6.20 Å². The van der Waals surface area contributed by atoms with Crippen molar-refractivity contribution in [1.82, 2.24) is 9.97 Å². The summed E-state index contributed by atoms with van der Waals surface area (Å²) < 4.78 is 4.49. The summed E-state index contributed by atoms with van der Waals surface area (Å²) in [6.45, 7) is 0.705. The quantitative estimate of drug-likeness (QED) is 0.517.